The van der Waals surface area contributed by atoms with Gasteiger partial charge in [-0.3, -0.25) is 0 Å². The van der Waals surface area contributed by atoms with E-state index >= 15 is 0 Å². The van der Waals surface area contributed by atoms with Crippen molar-refractivity contribution in [3.63, 3.8) is 0 Å². The molecule has 102 valence electrons. The van der Waals surface area contributed by atoms with E-state index < -0.39 is 0 Å². The summed E-state index contributed by atoms with van der Waals surface area (Å²) in [6.07, 6.45) is 4.02. The smallest absolute Gasteiger partial charge is 0.0953 e. The van der Waals surface area contributed by atoms with Crippen LogP contribution in [0.25, 0.3) is 0 Å². The second-order valence-electron chi connectivity index (χ2n) is 5.21. The number of rotatable bonds is 6. The number of nitrogens with one attached hydrogen (secondary N) is 1. The summed E-state index contributed by atoms with van der Waals surface area (Å²) in [5, 5.41) is 3.29. The monoisotopic (exact) mass is 257 g/mol. The zero-order chi connectivity index (χ0) is 13.7. The van der Waals surface area contributed by atoms with Crippen molar-refractivity contribution in [1.29, 1.82) is 0 Å². The van der Waals surface area contributed by atoms with Crippen molar-refractivity contribution in [2.24, 2.45) is 0 Å². The first-order chi connectivity index (χ1) is 9.19. The van der Waals surface area contributed by atoms with Crippen molar-refractivity contribution >= 4 is 0 Å². The van der Waals surface area contributed by atoms with Crippen LogP contribution in [0.1, 0.15) is 43.5 Å². The van der Waals surface area contributed by atoms with E-state index in [9.17, 15) is 0 Å². The fourth-order valence-corrected chi connectivity index (χ4v) is 2.06. The fraction of sp³-hybridized carbons (Fsp3) is 0.438. The van der Waals surface area contributed by atoms with Crippen molar-refractivity contribution < 1.29 is 0 Å². The van der Waals surface area contributed by atoms with E-state index in [1.807, 2.05) is 6.33 Å². The normalized spacial score (nSPS) is 11.2. The van der Waals surface area contributed by atoms with E-state index in [0.717, 1.165) is 25.3 Å². The zero-order valence-electron chi connectivity index (χ0n) is 12.1. The topological polar surface area (TPSA) is 29.9 Å². The largest absolute Gasteiger partial charge is 0.333 e. The molecule has 0 radical (unpaired) electrons. The van der Waals surface area contributed by atoms with Gasteiger partial charge in [0.25, 0.3) is 0 Å². The number of imidazole rings is 1. The van der Waals surface area contributed by atoms with E-state index in [1.54, 1.807) is 0 Å². The molecule has 0 unspecified atom stereocenters. The molecule has 0 saturated heterocycles. The predicted octanol–water partition coefficient (Wildman–Crippen LogP) is 3.16. The van der Waals surface area contributed by atoms with Crippen LogP contribution in [0.3, 0.4) is 0 Å². The molecule has 3 heteroatoms. The summed E-state index contributed by atoms with van der Waals surface area (Å²) < 4.78 is 2.14. The Morgan fingerprint density at radius 3 is 2.58 bits per heavy atom. The summed E-state index contributed by atoms with van der Waals surface area (Å²) in [6, 6.07) is 8.85. The number of benzene rings is 1. The van der Waals surface area contributed by atoms with E-state index in [1.165, 1.54) is 11.1 Å². The summed E-state index contributed by atoms with van der Waals surface area (Å²) in [6.45, 7) is 9.25. The maximum Gasteiger partial charge on any atom is 0.0953 e. The van der Waals surface area contributed by atoms with Gasteiger partial charge in [-0.2, -0.15) is 0 Å². The highest BCUT2D eigenvalue weighted by atomic mass is 15.0. The van der Waals surface area contributed by atoms with Gasteiger partial charge in [0.05, 0.1) is 12.0 Å². The average molecular weight is 257 g/mol. The summed E-state index contributed by atoms with van der Waals surface area (Å²) >= 11 is 0. The van der Waals surface area contributed by atoms with Crippen molar-refractivity contribution in [1.82, 2.24) is 14.9 Å². The van der Waals surface area contributed by atoms with E-state index in [-0.39, 0.29) is 0 Å². The lowest BCUT2D eigenvalue weighted by atomic mass is 10.0. The first kappa shape index (κ1) is 13.8. The SMILES string of the molecule is CCNCc1cn(Cc2ccc(C(C)C)cc2)cn1. The molecule has 0 amide bonds. The molecule has 1 aromatic heterocycles. The molecular weight excluding hydrogens is 234 g/mol. The predicted molar refractivity (Wildman–Crippen MR) is 79.2 cm³/mol. The number of hydrogen-bond acceptors (Lipinski definition) is 2. The molecule has 0 saturated carbocycles. The Kier molecular flexibility index (Phi) is 4.74. The van der Waals surface area contributed by atoms with Crippen molar-refractivity contribution in [3.05, 3.63) is 53.6 Å². The number of aromatic nitrogens is 2. The van der Waals surface area contributed by atoms with Gasteiger partial charge in [0.2, 0.25) is 0 Å². The Bertz CT molecular complexity index is 497. The van der Waals surface area contributed by atoms with Crippen LogP contribution in [0, 0.1) is 0 Å². The Morgan fingerprint density at radius 2 is 1.95 bits per heavy atom. The molecule has 0 bridgehead atoms. The van der Waals surface area contributed by atoms with Crippen LogP contribution in [0.2, 0.25) is 0 Å². The maximum absolute atomic E-state index is 4.40. The minimum atomic E-state index is 0.592. The number of hydrogen-bond donors (Lipinski definition) is 1. The number of nitrogens with zero attached hydrogens (tertiary/aromatic N) is 2. The average Bonchev–Trinajstić information content (AvgIpc) is 2.84. The van der Waals surface area contributed by atoms with Gasteiger partial charge in [-0.15, -0.1) is 0 Å². The van der Waals surface area contributed by atoms with Crippen LogP contribution in [-0.4, -0.2) is 16.1 Å². The molecule has 1 N–H and O–H groups in total. The summed E-state index contributed by atoms with van der Waals surface area (Å²) in [7, 11) is 0. The second-order valence-corrected chi connectivity index (χ2v) is 5.21. The van der Waals surface area contributed by atoms with Crippen molar-refractivity contribution in [2.75, 3.05) is 6.54 Å². The standard InChI is InChI=1S/C16H23N3/c1-4-17-9-16-11-19(12-18-16)10-14-5-7-15(8-6-14)13(2)3/h5-8,11-13,17H,4,9-10H2,1-3H3. The van der Waals surface area contributed by atoms with Crippen molar-refractivity contribution in [2.45, 2.75) is 39.8 Å². The van der Waals surface area contributed by atoms with Gasteiger partial charge in [-0.1, -0.05) is 45.0 Å². The Labute approximate surface area is 115 Å². The Morgan fingerprint density at radius 1 is 1.21 bits per heavy atom. The molecule has 3 nitrogen and oxygen atoms in total. The minimum absolute atomic E-state index is 0.592. The third-order valence-electron chi connectivity index (χ3n) is 3.25. The summed E-state index contributed by atoms with van der Waals surface area (Å²) in [5.41, 5.74) is 3.81. The first-order valence-electron chi connectivity index (χ1n) is 6.99. The molecule has 0 aliphatic heterocycles. The van der Waals surface area contributed by atoms with Gasteiger partial charge < -0.3 is 9.88 Å². The molecule has 0 atom stereocenters. The van der Waals surface area contributed by atoms with Gasteiger partial charge in [-0.25, -0.2) is 4.98 Å². The highest BCUT2D eigenvalue weighted by Crippen LogP contribution is 2.15. The quantitative estimate of drug-likeness (QED) is 0.861. The van der Waals surface area contributed by atoms with Gasteiger partial charge in [0, 0.05) is 19.3 Å². The van der Waals surface area contributed by atoms with Gasteiger partial charge >= 0.3 is 0 Å². The van der Waals surface area contributed by atoms with Gasteiger partial charge in [0.1, 0.15) is 0 Å². The maximum atomic E-state index is 4.40. The molecule has 2 aromatic rings. The van der Waals surface area contributed by atoms with Crippen LogP contribution in [0.15, 0.2) is 36.8 Å². The van der Waals surface area contributed by atoms with E-state index in [4.69, 9.17) is 0 Å². The summed E-state index contributed by atoms with van der Waals surface area (Å²) in [4.78, 5) is 4.40. The highest BCUT2D eigenvalue weighted by molar-refractivity contribution is 5.25. The fourth-order valence-electron chi connectivity index (χ4n) is 2.06. The molecule has 19 heavy (non-hydrogen) atoms. The van der Waals surface area contributed by atoms with Crippen LogP contribution < -0.4 is 5.32 Å². The molecule has 0 spiro atoms. The van der Waals surface area contributed by atoms with Crippen LogP contribution in [0.5, 0.6) is 0 Å². The van der Waals surface area contributed by atoms with Gasteiger partial charge in [0.15, 0.2) is 0 Å². The third kappa shape index (κ3) is 3.93. The minimum Gasteiger partial charge on any atom is -0.333 e. The Balaban J connectivity index is 1.98. The first-order valence-corrected chi connectivity index (χ1v) is 6.99. The summed E-state index contributed by atoms with van der Waals surface area (Å²) in [5.74, 6) is 0.592. The van der Waals surface area contributed by atoms with Crippen molar-refractivity contribution in [3.8, 4) is 0 Å². The molecule has 1 heterocycles. The molecule has 0 aliphatic carbocycles. The lowest BCUT2D eigenvalue weighted by Crippen LogP contribution is -2.11. The highest BCUT2D eigenvalue weighted by Gasteiger charge is 2.01. The Hall–Kier alpha value is -1.61. The zero-order valence-corrected chi connectivity index (χ0v) is 12.1. The molecule has 2 rings (SSSR count). The molecule has 0 aliphatic rings. The molecule has 0 fully saturated rings. The molecular formula is C16H23N3. The van der Waals surface area contributed by atoms with E-state index in [2.05, 4.69) is 66.1 Å². The van der Waals surface area contributed by atoms with E-state index in [0.29, 0.717) is 5.92 Å². The molecule has 1 aromatic carbocycles. The van der Waals surface area contributed by atoms with Gasteiger partial charge in [-0.05, 0) is 23.6 Å². The second kappa shape index (κ2) is 6.53. The lowest BCUT2D eigenvalue weighted by molar-refractivity contribution is 0.712. The van der Waals surface area contributed by atoms with Crippen LogP contribution in [0.4, 0.5) is 0 Å². The van der Waals surface area contributed by atoms with Crippen LogP contribution >= 0.6 is 0 Å². The third-order valence-corrected chi connectivity index (χ3v) is 3.25. The van der Waals surface area contributed by atoms with Crippen LogP contribution in [-0.2, 0) is 13.1 Å². The lowest BCUT2D eigenvalue weighted by Gasteiger charge is -2.07.